The summed E-state index contributed by atoms with van der Waals surface area (Å²) in [6.45, 7) is 5.50. The molecule has 0 radical (unpaired) electrons. The average molecular weight is 532 g/mol. The third kappa shape index (κ3) is 5.61. The van der Waals surface area contributed by atoms with Gasteiger partial charge in [-0.05, 0) is 6.42 Å². The highest BCUT2D eigenvalue weighted by atomic mass is 35.5. The number of hydrogen-bond donors (Lipinski definition) is 1. The van der Waals surface area contributed by atoms with Crippen molar-refractivity contribution in [2.24, 2.45) is 0 Å². The smallest absolute Gasteiger partial charge is 0.240 e. The van der Waals surface area contributed by atoms with Crippen LogP contribution in [0.1, 0.15) is 12.0 Å². The van der Waals surface area contributed by atoms with E-state index < -0.39 is 0 Å². The number of anilines is 1. The van der Waals surface area contributed by atoms with E-state index in [-0.39, 0.29) is 49.2 Å². The lowest BCUT2D eigenvalue weighted by Crippen LogP contribution is -2.51. The largest absolute Gasteiger partial charge is 0.354 e. The Morgan fingerprint density at radius 3 is 2.48 bits per heavy atom. The topological polar surface area (TPSA) is 75.5 Å². The molecule has 1 aromatic carbocycles. The Labute approximate surface area is 217 Å². The molecule has 7 nitrogen and oxygen atoms in total. The van der Waals surface area contributed by atoms with E-state index in [1.807, 2.05) is 34.9 Å². The van der Waals surface area contributed by atoms with E-state index in [9.17, 15) is 10.1 Å². The molecule has 1 aromatic heterocycles. The van der Waals surface area contributed by atoms with E-state index in [1.165, 1.54) is 0 Å². The minimum atomic E-state index is -0.0316. The third-order valence-electron chi connectivity index (χ3n) is 6.49. The zero-order chi connectivity index (χ0) is 20.5. The molecule has 1 amide bonds. The maximum Gasteiger partial charge on any atom is 0.240 e. The molecule has 0 unspecified atom stereocenters. The first-order valence-electron chi connectivity index (χ1n) is 10.6. The van der Waals surface area contributed by atoms with Crippen LogP contribution >= 0.6 is 49.0 Å². The van der Waals surface area contributed by atoms with Crippen LogP contribution in [0.2, 0.25) is 0 Å². The molecule has 3 saturated heterocycles. The van der Waals surface area contributed by atoms with Crippen LogP contribution in [0, 0.1) is 11.3 Å². The monoisotopic (exact) mass is 530 g/mol. The fraction of sp³-hybridized carbons (Fsp3) is 0.500. The van der Waals surface area contributed by atoms with E-state index in [2.05, 4.69) is 32.2 Å². The molecule has 1 N–H and O–H groups in total. The Morgan fingerprint density at radius 2 is 1.82 bits per heavy atom. The molecule has 0 aliphatic carbocycles. The quantitative estimate of drug-likeness (QED) is 0.653. The van der Waals surface area contributed by atoms with E-state index in [0.717, 1.165) is 73.9 Å². The van der Waals surface area contributed by atoms with Gasteiger partial charge in [0.15, 0.2) is 0 Å². The maximum atomic E-state index is 12.7. The Morgan fingerprint density at radius 1 is 1.09 bits per heavy atom. The first-order valence-corrected chi connectivity index (χ1v) is 11.8. The van der Waals surface area contributed by atoms with Gasteiger partial charge in [0.25, 0.3) is 0 Å². The number of nitriles is 1. The normalized spacial score (nSPS) is 22.8. The molecular formula is C22H29Cl3N6OS. The lowest BCUT2D eigenvalue weighted by molar-refractivity contribution is -0.131. The minimum Gasteiger partial charge on any atom is -0.354 e. The summed E-state index contributed by atoms with van der Waals surface area (Å²) in [5.41, 5.74) is 0.622. The summed E-state index contributed by atoms with van der Waals surface area (Å²) >= 11 is 1.84. The third-order valence-corrected chi connectivity index (χ3v) is 7.46. The van der Waals surface area contributed by atoms with Crippen LogP contribution in [0.3, 0.4) is 0 Å². The van der Waals surface area contributed by atoms with Crippen LogP contribution in [0.15, 0.2) is 30.5 Å². The highest BCUT2D eigenvalue weighted by Gasteiger charge is 2.36. The van der Waals surface area contributed by atoms with E-state index >= 15 is 0 Å². The number of aromatic nitrogens is 1. The van der Waals surface area contributed by atoms with Gasteiger partial charge in [-0.15, -0.1) is 49.0 Å². The van der Waals surface area contributed by atoms with Crippen molar-refractivity contribution in [3.63, 3.8) is 0 Å². The van der Waals surface area contributed by atoms with Gasteiger partial charge in [-0.1, -0.05) is 24.3 Å². The molecule has 3 aliphatic rings. The Balaban J connectivity index is 0.00000128. The van der Waals surface area contributed by atoms with Gasteiger partial charge in [0.1, 0.15) is 11.9 Å². The van der Waals surface area contributed by atoms with Crippen LogP contribution < -0.4 is 10.2 Å². The van der Waals surface area contributed by atoms with Gasteiger partial charge in [-0.2, -0.15) is 5.26 Å². The second-order valence-electron chi connectivity index (χ2n) is 8.17. The number of fused-ring (bicyclic) bond motifs is 1. The van der Waals surface area contributed by atoms with E-state index in [0.29, 0.717) is 11.6 Å². The van der Waals surface area contributed by atoms with Gasteiger partial charge >= 0.3 is 0 Å². The lowest BCUT2D eigenvalue weighted by Gasteiger charge is -2.38. The zero-order valence-electron chi connectivity index (χ0n) is 18.2. The van der Waals surface area contributed by atoms with Crippen LogP contribution in [0.5, 0.6) is 0 Å². The van der Waals surface area contributed by atoms with Gasteiger partial charge < -0.3 is 15.1 Å². The summed E-state index contributed by atoms with van der Waals surface area (Å²) in [5.74, 6) is 3.14. The molecule has 0 saturated carbocycles. The van der Waals surface area contributed by atoms with E-state index in [4.69, 9.17) is 0 Å². The molecule has 5 rings (SSSR count). The maximum absolute atomic E-state index is 12.7. The van der Waals surface area contributed by atoms with Gasteiger partial charge in [-0.3, -0.25) is 9.69 Å². The van der Waals surface area contributed by atoms with Crippen molar-refractivity contribution in [1.29, 1.82) is 5.26 Å². The molecule has 0 bridgehead atoms. The fourth-order valence-corrected chi connectivity index (χ4v) is 5.76. The number of pyridine rings is 1. The number of benzene rings is 1. The fourth-order valence-electron chi connectivity index (χ4n) is 4.81. The molecule has 33 heavy (non-hydrogen) atoms. The van der Waals surface area contributed by atoms with Crippen molar-refractivity contribution in [2.45, 2.75) is 18.5 Å². The molecular weight excluding hydrogens is 503 g/mol. The number of carbonyl (C=O) groups is 1. The van der Waals surface area contributed by atoms with Crippen LogP contribution in [-0.4, -0.2) is 83.7 Å². The molecule has 2 atom stereocenters. The van der Waals surface area contributed by atoms with Crippen LogP contribution in [0.4, 0.5) is 5.82 Å². The van der Waals surface area contributed by atoms with Gasteiger partial charge in [-0.25, -0.2) is 4.98 Å². The average Bonchev–Trinajstić information content (AvgIpc) is 3.51. The number of rotatable bonds is 3. The van der Waals surface area contributed by atoms with E-state index in [1.54, 1.807) is 6.20 Å². The van der Waals surface area contributed by atoms with Gasteiger partial charge in [0.2, 0.25) is 5.91 Å². The van der Waals surface area contributed by atoms with Crippen molar-refractivity contribution in [2.75, 3.05) is 55.8 Å². The van der Waals surface area contributed by atoms with Crippen LogP contribution in [0.25, 0.3) is 10.8 Å². The summed E-state index contributed by atoms with van der Waals surface area (Å²) < 4.78 is 0. The minimum absolute atomic E-state index is 0. The molecule has 4 heterocycles. The number of halogens is 3. The Kier molecular flexibility index (Phi) is 10.3. The lowest BCUT2D eigenvalue weighted by atomic mass is 10.1. The Hall–Kier alpha value is -1.47. The highest BCUT2D eigenvalue weighted by Crippen LogP contribution is 2.28. The van der Waals surface area contributed by atoms with Crippen molar-refractivity contribution in [1.82, 2.24) is 20.1 Å². The summed E-state index contributed by atoms with van der Waals surface area (Å²) in [6, 6.07) is 10.7. The molecule has 11 heteroatoms. The summed E-state index contributed by atoms with van der Waals surface area (Å²) in [7, 11) is 0. The zero-order valence-corrected chi connectivity index (χ0v) is 21.4. The summed E-state index contributed by atoms with van der Waals surface area (Å²) in [6.07, 6.45) is 2.59. The number of thioether (sulfide) groups is 1. The number of hydrogen-bond acceptors (Lipinski definition) is 7. The number of piperazine rings is 1. The molecule has 180 valence electrons. The van der Waals surface area contributed by atoms with Crippen molar-refractivity contribution in [3.8, 4) is 6.07 Å². The number of amides is 1. The SMILES string of the molecule is Cl.Cl.Cl.N#Cc1cnc(N2CCN([C@@H]3CN[C@H](C(=O)N4CCSC4)C3)CC2)c2ccccc12. The second-order valence-corrected chi connectivity index (χ2v) is 9.24. The first-order chi connectivity index (χ1) is 14.7. The summed E-state index contributed by atoms with van der Waals surface area (Å²) in [4.78, 5) is 24.1. The Bertz CT molecular complexity index is 992. The highest BCUT2D eigenvalue weighted by molar-refractivity contribution is 7.99. The molecule has 0 spiro atoms. The predicted molar refractivity (Wildman–Crippen MR) is 141 cm³/mol. The molecule has 3 aliphatic heterocycles. The first kappa shape index (κ1) is 27.8. The number of nitrogens with one attached hydrogen (secondary N) is 1. The number of nitrogens with zero attached hydrogens (tertiary/aromatic N) is 5. The van der Waals surface area contributed by atoms with Gasteiger partial charge in [0, 0.05) is 68.0 Å². The van der Waals surface area contributed by atoms with Crippen LogP contribution in [-0.2, 0) is 4.79 Å². The summed E-state index contributed by atoms with van der Waals surface area (Å²) in [5, 5.41) is 14.8. The number of carbonyl (C=O) groups excluding carboxylic acids is 1. The molecule has 2 aromatic rings. The van der Waals surface area contributed by atoms with Crippen molar-refractivity contribution >= 4 is 71.5 Å². The standard InChI is InChI=1S/C22H26N6OS.3ClH/c23-12-16-13-25-21(19-4-2-1-3-18(16)19)27-7-5-26(6-8-27)17-11-20(24-14-17)22(29)28-9-10-30-15-28;;;/h1-4,13,17,20,24H,5-11,14-15H2;3*1H/t17-,20-;;;/m0.../s1. The molecule has 3 fully saturated rings. The van der Waals surface area contributed by atoms with Gasteiger partial charge in [0.05, 0.1) is 17.5 Å². The van der Waals surface area contributed by atoms with Crippen molar-refractivity contribution in [3.05, 3.63) is 36.0 Å². The van der Waals surface area contributed by atoms with Crippen molar-refractivity contribution < 1.29 is 4.79 Å². The predicted octanol–water partition coefficient (Wildman–Crippen LogP) is 2.76. The second kappa shape index (κ2) is 12.3.